The van der Waals surface area contributed by atoms with Crippen LogP contribution >= 0.6 is 0 Å². The van der Waals surface area contributed by atoms with Crippen molar-refractivity contribution in [3.63, 3.8) is 0 Å². The van der Waals surface area contributed by atoms with Crippen molar-refractivity contribution >= 4 is 5.95 Å². The first-order valence-corrected chi connectivity index (χ1v) is 9.83. The average Bonchev–Trinajstić information content (AvgIpc) is 3.27. The topological polar surface area (TPSA) is 52.4 Å². The molecule has 132 valence electrons. The van der Waals surface area contributed by atoms with Gasteiger partial charge in [-0.05, 0) is 44.9 Å². The lowest BCUT2D eigenvalue weighted by Crippen LogP contribution is -2.50. The number of nitrogens with zero attached hydrogens (tertiary/aromatic N) is 4. The van der Waals surface area contributed by atoms with E-state index in [2.05, 4.69) is 19.7 Å². The quantitative estimate of drug-likeness (QED) is 0.848. The van der Waals surface area contributed by atoms with Crippen LogP contribution in [-0.4, -0.2) is 52.8 Å². The second-order valence-electron chi connectivity index (χ2n) is 7.83. The second kappa shape index (κ2) is 6.30. The first-order chi connectivity index (χ1) is 11.9. The van der Waals surface area contributed by atoms with E-state index in [1.165, 1.54) is 50.8 Å². The van der Waals surface area contributed by atoms with E-state index in [1.54, 1.807) is 0 Å². The van der Waals surface area contributed by atoms with E-state index in [9.17, 15) is 0 Å². The molecule has 4 aliphatic rings. The summed E-state index contributed by atoms with van der Waals surface area (Å²) in [6.07, 6.45) is 10.6. The van der Waals surface area contributed by atoms with E-state index >= 15 is 0 Å². The molecule has 3 atom stereocenters. The van der Waals surface area contributed by atoms with Crippen molar-refractivity contribution < 1.29 is 9.47 Å². The molecule has 0 N–H and O–H groups in total. The molecule has 6 nitrogen and oxygen atoms in total. The molecule has 5 rings (SSSR count). The van der Waals surface area contributed by atoms with Gasteiger partial charge in [-0.2, -0.15) is 0 Å². The molecule has 0 radical (unpaired) electrons. The highest BCUT2D eigenvalue weighted by Gasteiger charge is 2.39. The van der Waals surface area contributed by atoms with Crippen LogP contribution in [-0.2, 0) is 16.0 Å². The van der Waals surface area contributed by atoms with Gasteiger partial charge in [0.15, 0.2) is 0 Å². The van der Waals surface area contributed by atoms with Crippen LogP contribution in [0, 0.1) is 0 Å². The highest BCUT2D eigenvalue weighted by Crippen LogP contribution is 2.39. The van der Waals surface area contributed by atoms with Crippen molar-refractivity contribution in [3.8, 4) is 0 Å². The summed E-state index contributed by atoms with van der Waals surface area (Å²) in [4.78, 5) is 2.49. The highest BCUT2D eigenvalue weighted by atomic mass is 16.5. The molecule has 1 aromatic heterocycles. The molecule has 1 aromatic rings. The monoisotopic (exact) mass is 332 g/mol. The predicted molar refractivity (Wildman–Crippen MR) is 90.3 cm³/mol. The molecule has 6 heteroatoms. The van der Waals surface area contributed by atoms with E-state index in [1.807, 2.05) is 0 Å². The van der Waals surface area contributed by atoms with Crippen LogP contribution in [0.4, 0.5) is 5.95 Å². The third-order valence-electron chi connectivity index (χ3n) is 6.38. The van der Waals surface area contributed by atoms with Gasteiger partial charge in [-0.1, -0.05) is 6.42 Å². The van der Waals surface area contributed by atoms with Crippen molar-refractivity contribution in [2.24, 2.45) is 0 Å². The van der Waals surface area contributed by atoms with Crippen LogP contribution in [0.5, 0.6) is 0 Å². The molecule has 2 saturated carbocycles. The lowest BCUT2D eigenvalue weighted by molar-refractivity contribution is 0.0244. The molecule has 0 aromatic carbocycles. The maximum Gasteiger partial charge on any atom is 0.227 e. The van der Waals surface area contributed by atoms with Gasteiger partial charge in [0.05, 0.1) is 31.4 Å². The molecule has 2 saturated heterocycles. The molecule has 3 heterocycles. The zero-order chi connectivity index (χ0) is 15.9. The van der Waals surface area contributed by atoms with Crippen molar-refractivity contribution in [2.75, 3.05) is 24.7 Å². The number of rotatable bonds is 4. The Hall–Kier alpha value is -1.14. The number of fused-ring (bicyclic) bond motifs is 1. The minimum absolute atomic E-state index is 0.332. The van der Waals surface area contributed by atoms with Gasteiger partial charge >= 0.3 is 0 Å². The molecule has 2 aliphatic carbocycles. The van der Waals surface area contributed by atoms with Crippen LogP contribution in [0.3, 0.4) is 0 Å². The van der Waals surface area contributed by atoms with Gasteiger partial charge in [-0.3, -0.25) is 4.57 Å². The van der Waals surface area contributed by atoms with Crippen molar-refractivity contribution in [1.82, 2.24) is 14.8 Å². The molecule has 0 bridgehead atoms. The zero-order valence-corrected chi connectivity index (χ0v) is 14.4. The summed E-state index contributed by atoms with van der Waals surface area (Å²) >= 11 is 0. The van der Waals surface area contributed by atoms with Crippen LogP contribution < -0.4 is 4.90 Å². The van der Waals surface area contributed by atoms with Crippen LogP contribution in [0.1, 0.15) is 63.1 Å². The molecule has 1 unspecified atom stereocenters. The maximum absolute atomic E-state index is 5.99. The standard InChI is InChI=1S/C18H28N4O2/c1-4-13(5-1)17-19-20-18(22(17)12-14-6-3-10-23-14)21-9-11-24-16-8-2-7-15(16)21/h13-16H,1-12H2/t14?,15-,16+/m1/s1. The summed E-state index contributed by atoms with van der Waals surface area (Å²) in [6.45, 7) is 3.58. The summed E-state index contributed by atoms with van der Waals surface area (Å²) < 4.78 is 14.3. The summed E-state index contributed by atoms with van der Waals surface area (Å²) in [6, 6.07) is 0.487. The average molecular weight is 332 g/mol. The maximum atomic E-state index is 5.99. The van der Waals surface area contributed by atoms with Gasteiger partial charge in [0, 0.05) is 19.1 Å². The summed E-state index contributed by atoms with van der Waals surface area (Å²) in [5.41, 5.74) is 0. The van der Waals surface area contributed by atoms with Gasteiger partial charge in [-0.25, -0.2) is 0 Å². The molecule has 0 spiro atoms. The normalized spacial score (nSPS) is 33.7. The van der Waals surface area contributed by atoms with Crippen molar-refractivity contribution in [2.45, 2.75) is 82.1 Å². The number of morpholine rings is 1. The Morgan fingerprint density at radius 2 is 1.83 bits per heavy atom. The Bertz CT molecular complexity index is 580. The third-order valence-corrected chi connectivity index (χ3v) is 6.38. The summed E-state index contributed by atoms with van der Waals surface area (Å²) in [5.74, 6) is 2.88. The first kappa shape index (κ1) is 15.1. The Labute approximate surface area is 143 Å². The lowest BCUT2D eigenvalue weighted by Gasteiger charge is -2.38. The second-order valence-corrected chi connectivity index (χ2v) is 7.83. The largest absolute Gasteiger partial charge is 0.376 e. The molecular weight excluding hydrogens is 304 g/mol. The molecule has 24 heavy (non-hydrogen) atoms. The molecule has 0 amide bonds. The van der Waals surface area contributed by atoms with Gasteiger partial charge in [0.25, 0.3) is 0 Å². The Balaban J connectivity index is 1.46. The van der Waals surface area contributed by atoms with E-state index in [-0.39, 0.29) is 0 Å². The SMILES string of the molecule is C1COC(Cn2c(C3CCC3)nnc2N2CCO[C@H]3CCC[C@H]32)C1. The fraction of sp³-hybridized carbons (Fsp3) is 0.889. The van der Waals surface area contributed by atoms with Crippen LogP contribution in [0.2, 0.25) is 0 Å². The van der Waals surface area contributed by atoms with Gasteiger partial charge < -0.3 is 14.4 Å². The fourth-order valence-corrected chi connectivity index (χ4v) is 4.83. The van der Waals surface area contributed by atoms with Gasteiger partial charge in [-0.15, -0.1) is 10.2 Å². The van der Waals surface area contributed by atoms with E-state index in [0.29, 0.717) is 24.2 Å². The molecule has 2 aliphatic heterocycles. The number of ether oxygens (including phenoxy) is 2. The van der Waals surface area contributed by atoms with Crippen LogP contribution in [0.25, 0.3) is 0 Å². The smallest absolute Gasteiger partial charge is 0.227 e. The summed E-state index contributed by atoms with van der Waals surface area (Å²) in [5, 5.41) is 9.32. The van der Waals surface area contributed by atoms with Crippen molar-refractivity contribution in [1.29, 1.82) is 0 Å². The predicted octanol–water partition coefficient (Wildman–Crippen LogP) is 2.48. The van der Waals surface area contributed by atoms with Gasteiger partial charge in [0.1, 0.15) is 5.82 Å². The Morgan fingerprint density at radius 1 is 0.917 bits per heavy atom. The fourth-order valence-electron chi connectivity index (χ4n) is 4.83. The molecule has 4 fully saturated rings. The minimum atomic E-state index is 0.332. The van der Waals surface area contributed by atoms with Crippen molar-refractivity contribution in [3.05, 3.63) is 5.82 Å². The van der Waals surface area contributed by atoms with E-state index in [0.717, 1.165) is 38.7 Å². The third kappa shape index (κ3) is 2.54. The number of hydrogen-bond acceptors (Lipinski definition) is 5. The van der Waals surface area contributed by atoms with Crippen LogP contribution in [0.15, 0.2) is 0 Å². The highest BCUT2D eigenvalue weighted by molar-refractivity contribution is 5.36. The number of hydrogen-bond donors (Lipinski definition) is 0. The molecular formula is C18H28N4O2. The number of aromatic nitrogens is 3. The van der Waals surface area contributed by atoms with E-state index in [4.69, 9.17) is 9.47 Å². The summed E-state index contributed by atoms with van der Waals surface area (Å²) in [7, 11) is 0. The van der Waals surface area contributed by atoms with E-state index < -0.39 is 0 Å². The first-order valence-electron chi connectivity index (χ1n) is 9.83. The Morgan fingerprint density at radius 3 is 2.62 bits per heavy atom. The zero-order valence-electron chi connectivity index (χ0n) is 14.4. The Kier molecular flexibility index (Phi) is 3.97. The minimum Gasteiger partial charge on any atom is -0.376 e. The number of anilines is 1. The lowest BCUT2D eigenvalue weighted by atomic mass is 9.85. The van der Waals surface area contributed by atoms with Gasteiger partial charge in [0.2, 0.25) is 5.95 Å².